The molecule has 0 atom stereocenters. The third-order valence-corrected chi connectivity index (χ3v) is 0.762. The molecule has 0 unspecified atom stereocenters. The minimum absolute atomic E-state index is 0.0259. The highest BCUT2D eigenvalue weighted by Crippen LogP contribution is 2.04. The average molecular weight is 125 g/mol. The van der Waals surface area contributed by atoms with E-state index in [9.17, 15) is 0 Å². The molecule has 3 nitrogen and oxygen atoms in total. The number of hydrogen-bond donors (Lipinski definition) is 2. The zero-order valence-corrected chi connectivity index (χ0v) is 5.68. The molecule has 0 amide bonds. The first-order valence-corrected chi connectivity index (χ1v) is 2.56. The van der Waals surface area contributed by atoms with E-state index in [1.165, 1.54) is 0 Å². The van der Waals surface area contributed by atoms with Gasteiger partial charge in [-0.25, -0.2) is 4.99 Å². The first-order valence-electron chi connectivity index (χ1n) is 2.56. The van der Waals surface area contributed by atoms with Crippen molar-refractivity contribution in [1.82, 2.24) is 0 Å². The summed E-state index contributed by atoms with van der Waals surface area (Å²) in [6.45, 7) is 3.51. The number of rotatable bonds is 1. The van der Waals surface area contributed by atoms with Gasteiger partial charge in [-0.15, -0.1) is 6.42 Å². The van der Waals surface area contributed by atoms with E-state index in [4.69, 9.17) is 17.9 Å². The summed E-state index contributed by atoms with van der Waals surface area (Å²) in [7, 11) is 0. The van der Waals surface area contributed by atoms with E-state index in [1.54, 1.807) is 13.8 Å². The summed E-state index contributed by atoms with van der Waals surface area (Å²) in [4.78, 5) is 3.76. The molecule has 0 aromatic carbocycles. The fraction of sp³-hybridized carbons (Fsp3) is 0.500. The van der Waals surface area contributed by atoms with Gasteiger partial charge in [-0.2, -0.15) is 0 Å². The zero-order chi connectivity index (χ0) is 7.49. The molecule has 0 bridgehead atoms. The number of nitrogens with two attached hydrogens (primary N) is 2. The highest BCUT2D eigenvalue weighted by atomic mass is 15.0. The Balaban J connectivity index is 4.24. The van der Waals surface area contributed by atoms with Gasteiger partial charge in [0.15, 0.2) is 5.96 Å². The Labute approximate surface area is 55.1 Å². The summed E-state index contributed by atoms with van der Waals surface area (Å²) >= 11 is 0. The first kappa shape index (κ1) is 7.83. The van der Waals surface area contributed by atoms with Gasteiger partial charge >= 0.3 is 0 Å². The van der Waals surface area contributed by atoms with Gasteiger partial charge in [-0.3, -0.25) is 0 Å². The van der Waals surface area contributed by atoms with Crippen LogP contribution in [-0.4, -0.2) is 11.5 Å². The van der Waals surface area contributed by atoms with Gasteiger partial charge in [0.1, 0.15) is 5.54 Å². The summed E-state index contributed by atoms with van der Waals surface area (Å²) < 4.78 is 0. The van der Waals surface area contributed by atoms with Crippen molar-refractivity contribution in [3.63, 3.8) is 0 Å². The maximum atomic E-state index is 5.09. The monoisotopic (exact) mass is 125 g/mol. The van der Waals surface area contributed by atoms with E-state index in [1.807, 2.05) is 0 Å². The van der Waals surface area contributed by atoms with Crippen LogP contribution in [0.3, 0.4) is 0 Å². The molecule has 0 aliphatic heterocycles. The van der Waals surface area contributed by atoms with Crippen LogP contribution >= 0.6 is 0 Å². The Morgan fingerprint density at radius 2 is 2.00 bits per heavy atom. The third kappa shape index (κ3) is 3.42. The Hall–Kier alpha value is -1.17. The molecule has 0 heterocycles. The second-order valence-corrected chi connectivity index (χ2v) is 2.24. The van der Waals surface area contributed by atoms with Crippen molar-refractivity contribution in [3.05, 3.63) is 0 Å². The van der Waals surface area contributed by atoms with Crippen LogP contribution in [0.2, 0.25) is 0 Å². The Morgan fingerprint density at radius 3 is 2.11 bits per heavy atom. The number of nitrogens with zero attached hydrogens (tertiary/aromatic N) is 1. The van der Waals surface area contributed by atoms with Crippen LogP contribution in [0.1, 0.15) is 13.8 Å². The Morgan fingerprint density at radius 1 is 1.56 bits per heavy atom. The summed E-state index contributed by atoms with van der Waals surface area (Å²) in [5.41, 5.74) is 9.60. The molecule has 9 heavy (non-hydrogen) atoms. The highest BCUT2D eigenvalue weighted by molar-refractivity contribution is 5.76. The molecule has 0 radical (unpaired) electrons. The fourth-order valence-corrected chi connectivity index (χ4v) is 0.355. The van der Waals surface area contributed by atoms with E-state index >= 15 is 0 Å². The highest BCUT2D eigenvalue weighted by Gasteiger charge is 2.10. The first-order chi connectivity index (χ1) is 3.98. The maximum absolute atomic E-state index is 5.09. The smallest absolute Gasteiger partial charge is 0.187 e. The molecular formula is C6H11N3. The molecule has 50 valence electrons. The van der Waals surface area contributed by atoms with E-state index in [-0.39, 0.29) is 5.96 Å². The predicted octanol–water partition coefficient (Wildman–Crippen LogP) is -0.328. The summed E-state index contributed by atoms with van der Waals surface area (Å²) in [5, 5.41) is 0. The average Bonchev–Trinajstić information content (AvgIpc) is 1.63. The number of guanidine groups is 1. The van der Waals surface area contributed by atoms with Gasteiger partial charge in [0.05, 0.1) is 0 Å². The fourth-order valence-electron chi connectivity index (χ4n) is 0.355. The van der Waals surface area contributed by atoms with Gasteiger partial charge in [0.25, 0.3) is 0 Å². The second-order valence-electron chi connectivity index (χ2n) is 2.24. The molecule has 0 rings (SSSR count). The molecule has 0 spiro atoms. The van der Waals surface area contributed by atoms with Gasteiger partial charge in [-0.1, -0.05) is 5.92 Å². The minimum atomic E-state index is -0.571. The number of terminal acetylenes is 1. The minimum Gasteiger partial charge on any atom is -0.370 e. The lowest BCUT2D eigenvalue weighted by Gasteiger charge is -2.09. The number of aliphatic imine (C=N–C) groups is 1. The van der Waals surface area contributed by atoms with E-state index in [0.29, 0.717) is 0 Å². The maximum Gasteiger partial charge on any atom is 0.187 e. The molecule has 0 fully saturated rings. The molecule has 0 aromatic heterocycles. The van der Waals surface area contributed by atoms with Gasteiger partial charge < -0.3 is 11.5 Å². The molecule has 0 aromatic rings. The van der Waals surface area contributed by atoms with Crippen molar-refractivity contribution in [2.24, 2.45) is 16.5 Å². The molecule has 0 saturated carbocycles. The SMILES string of the molecule is C#CC(C)(C)N=C(N)N. The Bertz CT molecular complexity index is 158. The van der Waals surface area contributed by atoms with E-state index in [0.717, 1.165) is 0 Å². The summed E-state index contributed by atoms with van der Waals surface area (Å²) in [6.07, 6.45) is 5.09. The van der Waals surface area contributed by atoms with Crippen LogP contribution in [0, 0.1) is 12.3 Å². The third-order valence-electron chi connectivity index (χ3n) is 0.762. The molecule has 4 N–H and O–H groups in total. The van der Waals surface area contributed by atoms with Crippen LogP contribution in [0.15, 0.2) is 4.99 Å². The van der Waals surface area contributed by atoms with Gasteiger partial charge in [0, 0.05) is 0 Å². The molecule has 0 aliphatic carbocycles. The quantitative estimate of drug-likeness (QED) is 0.286. The van der Waals surface area contributed by atoms with E-state index < -0.39 is 5.54 Å². The van der Waals surface area contributed by atoms with Crippen LogP contribution < -0.4 is 11.5 Å². The van der Waals surface area contributed by atoms with E-state index in [2.05, 4.69) is 10.9 Å². The molecule has 0 saturated heterocycles. The van der Waals surface area contributed by atoms with Crippen molar-refractivity contribution < 1.29 is 0 Å². The lowest BCUT2D eigenvalue weighted by atomic mass is 10.1. The summed E-state index contributed by atoms with van der Waals surface area (Å²) in [5.74, 6) is 2.45. The van der Waals surface area contributed by atoms with Crippen molar-refractivity contribution in [2.75, 3.05) is 0 Å². The normalized spacial score (nSPS) is 9.89. The topological polar surface area (TPSA) is 64.4 Å². The predicted molar refractivity (Wildman–Crippen MR) is 38.7 cm³/mol. The number of hydrogen-bond acceptors (Lipinski definition) is 1. The van der Waals surface area contributed by atoms with Crippen LogP contribution in [0.4, 0.5) is 0 Å². The zero-order valence-electron chi connectivity index (χ0n) is 5.68. The van der Waals surface area contributed by atoms with Crippen molar-refractivity contribution in [2.45, 2.75) is 19.4 Å². The lowest BCUT2D eigenvalue weighted by molar-refractivity contribution is 0.682. The van der Waals surface area contributed by atoms with Gasteiger partial charge in [0.2, 0.25) is 0 Å². The van der Waals surface area contributed by atoms with Crippen LogP contribution in [0.25, 0.3) is 0 Å². The second kappa shape index (κ2) is 2.40. The van der Waals surface area contributed by atoms with Crippen molar-refractivity contribution in [1.29, 1.82) is 0 Å². The summed E-state index contributed by atoms with van der Waals surface area (Å²) in [6, 6.07) is 0. The molecular weight excluding hydrogens is 114 g/mol. The largest absolute Gasteiger partial charge is 0.370 e. The van der Waals surface area contributed by atoms with Crippen LogP contribution in [0.5, 0.6) is 0 Å². The van der Waals surface area contributed by atoms with Crippen molar-refractivity contribution in [3.8, 4) is 12.3 Å². The lowest BCUT2D eigenvalue weighted by Crippen LogP contribution is -2.28. The van der Waals surface area contributed by atoms with Gasteiger partial charge in [-0.05, 0) is 13.8 Å². The standard InChI is InChI=1S/C6H11N3/c1-4-6(2,3)9-5(7)8/h1H,2-3H3,(H4,7,8,9). The van der Waals surface area contributed by atoms with Crippen LogP contribution in [-0.2, 0) is 0 Å². The Kier molecular flexibility index (Phi) is 2.09. The molecule has 0 aliphatic rings. The van der Waals surface area contributed by atoms with Crippen molar-refractivity contribution >= 4 is 5.96 Å². The molecule has 3 heteroatoms.